The molecule has 0 aromatic heterocycles. The molecule has 3 rings (SSSR count). The van der Waals surface area contributed by atoms with E-state index in [9.17, 15) is 19.8 Å². The first-order chi connectivity index (χ1) is 12.4. The molecule has 134 valence electrons. The molecule has 1 aliphatic rings. The van der Waals surface area contributed by atoms with E-state index in [-0.39, 0.29) is 0 Å². The van der Waals surface area contributed by atoms with Crippen molar-refractivity contribution >= 4 is 24.1 Å². The van der Waals surface area contributed by atoms with Crippen LogP contribution in [0.2, 0.25) is 0 Å². The minimum Gasteiger partial charge on any atom is -0.497 e. The second-order valence-corrected chi connectivity index (χ2v) is 6.02. The summed E-state index contributed by atoms with van der Waals surface area (Å²) in [6.45, 7) is 0. The summed E-state index contributed by atoms with van der Waals surface area (Å²) in [6, 6.07) is 9.92. The van der Waals surface area contributed by atoms with Gasteiger partial charge in [0.2, 0.25) is 0 Å². The average Bonchev–Trinajstić information content (AvgIpc) is 2.76. The van der Waals surface area contributed by atoms with E-state index in [1.165, 1.54) is 14.2 Å². The molecular weight excluding hydrogens is 336 g/mol. The highest BCUT2D eigenvalue weighted by Gasteiger charge is 2.47. The molecule has 6 nitrogen and oxygen atoms in total. The van der Waals surface area contributed by atoms with Crippen LogP contribution in [0.5, 0.6) is 11.5 Å². The largest absolute Gasteiger partial charge is 0.497 e. The number of carboxylic acid groups (broad SMARTS) is 2. The van der Waals surface area contributed by atoms with E-state index in [1.807, 2.05) is 0 Å². The second-order valence-electron chi connectivity index (χ2n) is 6.02. The highest BCUT2D eigenvalue weighted by molar-refractivity contribution is 5.96. The van der Waals surface area contributed by atoms with E-state index < -0.39 is 23.8 Å². The lowest BCUT2D eigenvalue weighted by molar-refractivity contribution is -0.148. The number of rotatable bonds is 5. The molecule has 1 aliphatic carbocycles. The van der Waals surface area contributed by atoms with Gasteiger partial charge in [-0.05, 0) is 46.5 Å². The third-order valence-corrected chi connectivity index (χ3v) is 4.66. The maximum Gasteiger partial charge on any atom is 0.319 e. The van der Waals surface area contributed by atoms with Gasteiger partial charge in [-0.3, -0.25) is 9.59 Å². The zero-order chi connectivity index (χ0) is 18.9. The van der Waals surface area contributed by atoms with Gasteiger partial charge >= 0.3 is 11.9 Å². The number of carbonyl (C=O) groups is 2. The predicted molar refractivity (Wildman–Crippen MR) is 95.6 cm³/mol. The molecule has 0 aliphatic heterocycles. The van der Waals surface area contributed by atoms with Gasteiger partial charge in [-0.15, -0.1) is 0 Å². The Kier molecular flexibility index (Phi) is 4.42. The fraction of sp³-hybridized carbons (Fsp3) is 0.200. The van der Waals surface area contributed by atoms with Gasteiger partial charge in [0.05, 0.1) is 20.6 Å². The fourth-order valence-corrected chi connectivity index (χ4v) is 3.44. The van der Waals surface area contributed by atoms with Crippen LogP contribution in [0.3, 0.4) is 0 Å². The molecule has 0 heterocycles. The number of methoxy groups -OCH3 is 2. The lowest BCUT2D eigenvalue weighted by Crippen LogP contribution is -2.40. The summed E-state index contributed by atoms with van der Waals surface area (Å²) in [6.07, 6.45) is 2.95. The van der Waals surface area contributed by atoms with E-state index in [0.29, 0.717) is 33.8 Å². The quantitative estimate of drug-likeness (QED) is 0.857. The van der Waals surface area contributed by atoms with Crippen molar-refractivity contribution in [1.29, 1.82) is 0 Å². The van der Waals surface area contributed by atoms with Gasteiger partial charge < -0.3 is 19.7 Å². The summed E-state index contributed by atoms with van der Waals surface area (Å²) in [7, 11) is 3.03. The first-order valence-corrected chi connectivity index (χ1v) is 7.92. The molecule has 2 aromatic carbocycles. The molecule has 0 saturated heterocycles. The van der Waals surface area contributed by atoms with Crippen molar-refractivity contribution in [3.05, 3.63) is 58.7 Å². The van der Waals surface area contributed by atoms with Gasteiger partial charge in [-0.25, -0.2) is 0 Å². The summed E-state index contributed by atoms with van der Waals surface area (Å²) in [4.78, 5) is 24.1. The van der Waals surface area contributed by atoms with E-state index in [1.54, 1.807) is 48.6 Å². The fourth-order valence-electron chi connectivity index (χ4n) is 3.44. The number of aliphatic carboxylic acids is 2. The van der Waals surface area contributed by atoms with Crippen LogP contribution in [0.25, 0.3) is 12.2 Å². The molecule has 0 fully saturated rings. The molecule has 0 radical (unpaired) electrons. The Labute approximate surface area is 150 Å². The van der Waals surface area contributed by atoms with Crippen molar-refractivity contribution in [3.8, 4) is 11.5 Å². The topological polar surface area (TPSA) is 93.1 Å². The highest BCUT2D eigenvalue weighted by atomic mass is 16.5. The van der Waals surface area contributed by atoms with E-state index in [4.69, 9.17) is 9.47 Å². The monoisotopic (exact) mass is 354 g/mol. The molecule has 0 atom stereocenters. The van der Waals surface area contributed by atoms with Crippen LogP contribution in [0.15, 0.2) is 36.4 Å². The Morgan fingerprint density at radius 3 is 1.69 bits per heavy atom. The zero-order valence-electron chi connectivity index (χ0n) is 14.4. The lowest BCUT2D eigenvalue weighted by atomic mass is 9.70. The second kappa shape index (κ2) is 6.55. The summed E-state index contributed by atoms with van der Waals surface area (Å²) < 4.78 is 10.5. The number of carboxylic acids is 2. The van der Waals surface area contributed by atoms with Crippen LogP contribution in [-0.2, 0) is 15.0 Å². The molecule has 0 unspecified atom stereocenters. The minimum atomic E-state index is -1.72. The first-order valence-electron chi connectivity index (χ1n) is 7.92. The Morgan fingerprint density at radius 1 is 0.885 bits per heavy atom. The maximum atomic E-state index is 12.4. The number of benzene rings is 2. The van der Waals surface area contributed by atoms with Crippen LogP contribution >= 0.6 is 0 Å². The Hall–Kier alpha value is -3.28. The first kappa shape index (κ1) is 17.5. The number of fused-ring (bicyclic) bond motifs is 2. The van der Waals surface area contributed by atoms with Crippen molar-refractivity contribution in [2.45, 2.75) is 11.8 Å². The SMILES string of the molecule is COc1ccc2c(c1)C=Cc1cc(OC)ccc1C2(CC(=O)O)C(=O)O. The van der Waals surface area contributed by atoms with Crippen LogP contribution < -0.4 is 9.47 Å². The van der Waals surface area contributed by atoms with Crippen LogP contribution in [0, 0.1) is 0 Å². The summed E-state index contributed by atoms with van der Waals surface area (Å²) >= 11 is 0. The minimum absolute atomic E-state index is 0.411. The summed E-state index contributed by atoms with van der Waals surface area (Å²) in [5.74, 6) is -1.29. The molecule has 6 heteroatoms. The molecule has 0 saturated carbocycles. The van der Waals surface area contributed by atoms with Crippen molar-refractivity contribution < 1.29 is 29.3 Å². The van der Waals surface area contributed by atoms with Gasteiger partial charge in [0.15, 0.2) is 0 Å². The molecule has 2 N–H and O–H groups in total. The van der Waals surface area contributed by atoms with Crippen molar-refractivity contribution in [2.24, 2.45) is 0 Å². The van der Waals surface area contributed by atoms with Gasteiger partial charge in [0.1, 0.15) is 16.9 Å². The zero-order valence-corrected chi connectivity index (χ0v) is 14.4. The molecule has 26 heavy (non-hydrogen) atoms. The van der Waals surface area contributed by atoms with Crippen LogP contribution in [-0.4, -0.2) is 36.4 Å². The predicted octanol–water partition coefficient (Wildman–Crippen LogP) is 3.03. The third-order valence-electron chi connectivity index (χ3n) is 4.66. The Balaban J connectivity index is 2.39. The van der Waals surface area contributed by atoms with Gasteiger partial charge in [-0.2, -0.15) is 0 Å². The summed E-state index contributed by atoms with van der Waals surface area (Å²) in [5.41, 5.74) is 0.298. The molecule has 2 aromatic rings. The lowest BCUT2D eigenvalue weighted by Gasteiger charge is -2.31. The van der Waals surface area contributed by atoms with Gasteiger partial charge in [0.25, 0.3) is 0 Å². The Bertz CT molecular complexity index is 855. The third kappa shape index (κ3) is 2.69. The molecule has 0 amide bonds. The van der Waals surface area contributed by atoms with E-state index >= 15 is 0 Å². The number of hydrogen-bond acceptors (Lipinski definition) is 4. The molecule has 0 spiro atoms. The van der Waals surface area contributed by atoms with Gasteiger partial charge in [0, 0.05) is 0 Å². The van der Waals surface area contributed by atoms with Crippen molar-refractivity contribution in [1.82, 2.24) is 0 Å². The van der Waals surface area contributed by atoms with E-state index in [0.717, 1.165) is 0 Å². The van der Waals surface area contributed by atoms with Gasteiger partial charge in [-0.1, -0.05) is 24.3 Å². The van der Waals surface area contributed by atoms with Crippen LogP contribution in [0.1, 0.15) is 28.7 Å². The average molecular weight is 354 g/mol. The normalized spacial score (nSPS) is 13.9. The van der Waals surface area contributed by atoms with Crippen molar-refractivity contribution in [3.63, 3.8) is 0 Å². The standard InChI is InChI=1S/C20H18O6/c1-25-14-5-7-16-12(9-14)3-4-13-10-15(26-2)6-8-17(13)20(16,19(23)24)11-18(21)22/h3-10H,11H2,1-2H3,(H,21,22)(H,23,24). The maximum absolute atomic E-state index is 12.4. The number of hydrogen-bond donors (Lipinski definition) is 2. The Morgan fingerprint density at radius 2 is 1.35 bits per heavy atom. The molecular formula is C20H18O6. The van der Waals surface area contributed by atoms with E-state index in [2.05, 4.69) is 0 Å². The van der Waals surface area contributed by atoms with Crippen LogP contribution in [0.4, 0.5) is 0 Å². The highest BCUT2D eigenvalue weighted by Crippen LogP contribution is 2.44. The van der Waals surface area contributed by atoms with Crippen molar-refractivity contribution in [2.75, 3.05) is 14.2 Å². The number of ether oxygens (including phenoxy) is 2. The summed E-state index contributed by atoms with van der Waals surface area (Å²) in [5, 5.41) is 19.6. The smallest absolute Gasteiger partial charge is 0.319 e. The molecule has 0 bridgehead atoms.